The Bertz CT molecular complexity index is 1150. The summed E-state index contributed by atoms with van der Waals surface area (Å²) in [5.41, 5.74) is -0.0598. The number of hydrogen-bond acceptors (Lipinski definition) is 4. The number of carbonyl (C=O) groups is 1. The minimum Gasteiger partial charge on any atom is -0.333 e. The molecule has 27 heavy (non-hydrogen) atoms. The molecular weight excluding hydrogens is 351 g/mol. The number of aromatic nitrogens is 3. The van der Waals surface area contributed by atoms with E-state index in [4.69, 9.17) is 0 Å². The molecule has 1 aromatic carbocycles. The molecule has 0 N–H and O–H groups in total. The van der Waals surface area contributed by atoms with Crippen LogP contribution in [0.2, 0.25) is 0 Å². The van der Waals surface area contributed by atoms with E-state index in [1.54, 1.807) is 12.1 Å². The van der Waals surface area contributed by atoms with Gasteiger partial charge in [0, 0.05) is 27.2 Å². The number of rotatable bonds is 4. The zero-order valence-corrected chi connectivity index (χ0v) is 15.3. The first-order valence-electron chi connectivity index (χ1n) is 8.44. The van der Waals surface area contributed by atoms with Crippen molar-refractivity contribution in [1.82, 2.24) is 19.0 Å². The van der Waals surface area contributed by atoms with Crippen LogP contribution in [0.3, 0.4) is 0 Å². The first kappa shape index (κ1) is 18.5. The molecule has 0 radical (unpaired) electrons. The lowest BCUT2D eigenvalue weighted by Gasteiger charge is -2.21. The van der Waals surface area contributed by atoms with Gasteiger partial charge in [-0.2, -0.15) is 0 Å². The molecule has 0 spiro atoms. The van der Waals surface area contributed by atoms with Crippen molar-refractivity contribution in [3.05, 3.63) is 74.3 Å². The van der Waals surface area contributed by atoms with Crippen molar-refractivity contribution in [2.45, 2.75) is 13.5 Å². The Morgan fingerprint density at radius 1 is 1.15 bits per heavy atom. The highest BCUT2D eigenvalue weighted by atomic mass is 19.1. The Kier molecular flexibility index (Phi) is 4.89. The lowest BCUT2D eigenvalue weighted by atomic mass is 10.2. The molecule has 1 amide bonds. The lowest BCUT2D eigenvalue weighted by Crippen LogP contribution is -2.38. The van der Waals surface area contributed by atoms with Crippen LogP contribution in [0.25, 0.3) is 11.0 Å². The molecule has 3 aromatic rings. The van der Waals surface area contributed by atoms with Gasteiger partial charge in [0.25, 0.3) is 11.5 Å². The fourth-order valence-electron chi connectivity index (χ4n) is 2.92. The van der Waals surface area contributed by atoms with E-state index in [0.717, 1.165) is 4.57 Å². The molecule has 0 aliphatic carbocycles. The van der Waals surface area contributed by atoms with Gasteiger partial charge in [0.1, 0.15) is 17.2 Å². The molecule has 0 fully saturated rings. The van der Waals surface area contributed by atoms with Gasteiger partial charge in [0.2, 0.25) is 0 Å². The predicted octanol–water partition coefficient (Wildman–Crippen LogP) is 1.43. The average molecular weight is 370 g/mol. The molecule has 0 atom stereocenters. The van der Waals surface area contributed by atoms with Crippen molar-refractivity contribution in [1.29, 1.82) is 0 Å². The Balaban J connectivity index is 2.01. The zero-order chi connectivity index (χ0) is 19.7. The Morgan fingerprint density at radius 2 is 1.89 bits per heavy atom. The fourth-order valence-corrected chi connectivity index (χ4v) is 2.92. The number of aryl methyl sites for hydroxylation is 1. The first-order valence-corrected chi connectivity index (χ1v) is 8.44. The van der Waals surface area contributed by atoms with Gasteiger partial charge < -0.3 is 4.90 Å². The maximum absolute atomic E-state index is 13.4. The molecule has 3 rings (SSSR count). The second-order valence-corrected chi connectivity index (χ2v) is 6.22. The van der Waals surface area contributed by atoms with Crippen LogP contribution in [0.1, 0.15) is 23.0 Å². The minimum atomic E-state index is -0.517. The molecule has 0 saturated heterocycles. The smallest absolute Gasteiger partial charge is 0.332 e. The lowest BCUT2D eigenvalue weighted by molar-refractivity contribution is 0.0747. The Hall–Kier alpha value is -3.29. The normalized spacial score (nSPS) is 11.0. The average Bonchev–Trinajstić information content (AvgIpc) is 2.68. The molecule has 0 aliphatic heterocycles. The number of carbonyl (C=O) groups excluding carboxylic acids is 1. The van der Waals surface area contributed by atoms with Gasteiger partial charge in [0.15, 0.2) is 0 Å². The third-order valence-corrected chi connectivity index (χ3v) is 4.45. The van der Waals surface area contributed by atoms with Gasteiger partial charge in [-0.1, -0.05) is 12.1 Å². The van der Waals surface area contributed by atoms with Gasteiger partial charge in [-0.15, -0.1) is 0 Å². The van der Waals surface area contributed by atoms with E-state index in [-0.39, 0.29) is 35.0 Å². The monoisotopic (exact) mass is 370 g/mol. The highest BCUT2D eigenvalue weighted by molar-refractivity contribution is 5.94. The number of nitrogens with zero attached hydrogens (tertiary/aromatic N) is 4. The number of benzene rings is 1. The third-order valence-electron chi connectivity index (χ3n) is 4.45. The third kappa shape index (κ3) is 3.38. The number of fused-ring (bicyclic) bond motifs is 1. The quantitative estimate of drug-likeness (QED) is 0.696. The van der Waals surface area contributed by atoms with Gasteiger partial charge >= 0.3 is 5.69 Å². The summed E-state index contributed by atoms with van der Waals surface area (Å²) in [4.78, 5) is 42.9. The van der Waals surface area contributed by atoms with Crippen LogP contribution in [-0.4, -0.2) is 31.5 Å². The Morgan fingerprint density at radius 3 is 2.56 bits per heavy atom. The summed E-state index contributed by atoms with van der Waals surface area (Å²) >= 11 is 0. The topological polar surface area (TPSA) is 77.2 Å². The standard InChI is InChI=1S/C19H19FN4O3/c1-4-24(11-12-6-5-7-13(20)10-12)18(26)15-9-8-14-16(21-15)22(2)19(27)23(3)17(14)25/h5-10H,4,11H2,1-3H3. The predicted molar refractivity (Wildman–Crippen MR) is 99.0 cm³/mol. The fraction of sp³-hybridized carbons (Fsp3) is 0.263. The summed E-state index contributed by atoms with van der Waals surface area (Å²) in [7, 11) is 2.89. The van der Waals surface area contributed by atoms with Crippen molar-refractivity contribution in [2.24, 2.45) is 14.1 Å². The van der Waals surface area contributed by atoms with Crippen molar-refractivity contribution in [2.75, 3.05) is 6.54 Å². The van der Waals surface area contributed by atoms with E-state index in [2.05, 4.69) is 4.98 Å². The summed E-state index contributed by atoms with van der Waals surface area (Å²) in [6.07, 6.45) is 0. The van der Waals surface area contributed by atoms with E-state index in [1.807, 2.05) is 6.92 Å². The minimum absolute atomic E-state index is 0.115. The van der Waals surface area contributed by atoms with E-state index in [1.165, 1.54) is 47.8 Å². The zero-order valence-electron chi connectivity index (χ0n) is 15.3. The summed E-state index contributed by atoms with van der Waals surface area (Å²) in [5, 5.41) is 0.254. The maximum atomic E-state index is 13.4. The molecule has 2 heterocycles. The summed E-state index contributed by atoms with van der Waals surface area (Å²) in [6.45, 7) is 2.43. The van der Waals surface area contributed by atoms with Gasteiger partial charge in [-0.25, -0.2) is 14.2 Å². The van der Waals surface area contributed by atoms with Crippen LogP contribution in [0, 0.1) is 5.82 Å². The summed E-state index contributed by atoms with van der Waals surface area (Å²) in [6, 6.07) is 8.99. The molecule has 8 heteroatoms. The molecular formula is C19H19FN4O3. The van der Waals surface area contributed by atoms with Gasteiger partial charge in [0.05, 0.1) is 5.39 Å². The molecule has 0 bridgehead atoms. The van der Waals surface area contributed by atoms with Crippen molar-refractivity contribution >= 4 is 16.9 Å². The van der Waals surface area contributed by atoms with Crippen molar-refractivity contribution in [3.63, 3.8) is 0 Å². The van der Waals surface area contributed by atoms with Crippen LogP contribution in [0.15, 0.2) is 46.0 Å². The molecule has 2 aromatic heterocycles. The van der Waals surface area contributed by atoms with Crippen molar-refractivity contribution < 1.29 is 9.18 Å². The largest absolute Gasteiger partial charge is 0.333 e. The van der Waals surface area contributed by atoms with Gasteiger partial charge in [-0.3, -0.25) is 18.7 Å². The first-order chi connectivity index (χ1) is 12.8. The van der Waals surface area contributed by atoms with E-state index < -0.39 is 11.2 Å². The summed E-state index contributed by atoms with van der Waals surface area (Å²) < 4.78 is 15.6. The molecule has 140 valence electrons. The molecule has 0 aliphatic rings. The van der Waals surface area contributed by atoms with Crippen LogP contribution in [0.4, 0.5) is 4.39 Å². The van der Waals surface area contributed by atoms with Gasteiger partial charge in [-0.05, 0) is 36.8 Å². The highest BCUT2D eigenvalue weighted by Gasteiger charge is 2.18. The molecule has 0 saturated carbocycles. The SMILES string of the molecule is CCN(Cc1cccc(F)c1)C(=O)c1ccc2c(=O)n(C)c(=O)n(C)c2n1. The number of amides is 1. The van der Waals surface area contributed by atoms with E-state index in [0.29, 0.717) is 12.1 Å². The number of halogens is 1. The van der Waals surface area contributed by atoms with E-state index in [9.17, 15) is 18.8 Å². The molecule has 7 nitrogen and oxygen atoms in total. The van der Waals surface area contributed by atoms with Crippen molar-refractivity contribution in [3.8, 4) is 0 Å². The van der Waals surface area contributed by atoms with E-state index >= 15 is 0 Å². The van der Waals surface area contributed by atoms with Crippen LogP contribution >= 0.6 is 0 Å². The molecule has 0 unspecified atom stereocenters. The second kappa shape index (κ2) is 7.14. The van der Waals surface area contributed by atoms with Crippen LogP contribution in [0.5, 0.6) is 0 Å². The Labute approximate surface area is 154 Å². The highest BCUT2D eigenvalue weighted by Crippen LogP contribution is 2.12. The van der Waals surface area contributed by atoms with Crippen LogP contribution in [-0.2, 0) is 20.6 Å². The maximum Gasteiger partial charge on any atom is 0.332 e. The summed E-state index contributed by atoms with van der Waals surface area (Å²) in [5.74, 6) is -0.734. The van der Waals surface area contributed by atoms with Crippen LogP contribution < -0.4 is 11.2 Å². The number of pyridine rings is 1. The number of hydrogen-bond donors (Lipinski definition) is 0. The second-order valence-electron chi connectivity index (χ2n) is 6.22.